The van der Waals surface area contributed by atoms with Gasteiger partial charge >= 0.3 is 0 Å². The predicted octanol–water partition coefficient (Wildman–Crippen LogP) is 5.33. The predicted molar refractivity (Wildman–Crippen MR) is 121 cm³/mol. The number of carbonyl (C=O) groups is 1. The van der Waals surface area contributed by atoms with Gasteiger partial charge in [-0.05, 0) is 61.7 Å². The molecular weight excluding hydrogens is 388 g/mol. The normalized spacial score (nSPS) is 11.1. The van der Waals surface area contributed by atoms with E-state index in [1.807, 2.05) is 62.4 Å². The van der Waals surface area contributed by atoms with Crippen molar-refractivity contribution in [3.8, 4) is 5.75 Å². The number of amides is 1. The van der Waals surface area contributed by atoms with Crippen LogP contribution in [0.3, 0.4) is 0 Å². The van der Waals surface area contributed by atoms with E-state index in [0.717, 1.165) is 29.7 Å². The molecule has 0 bridgehead atoms. The van der Waals surface area contributed by atoms with E-state index in [4.69, 9.17) is 9.15 Å². The van der Waals surface area contributed by atoms with Crippen LogP contribution in [-0.4, -0.2) is 17.0 Å². The highest BCUT2D eigenvalue weighted by Gasteiger charge is 2.11. The van der Waals surface area contributed by atoms with E-state index in [0.29, 0.717) is 23.6 Å². The molecule has 4 rings (SSSR count). The van der Waals surface area contributed by atoms with Gasteiger partial charge in [-0.3, -0.25) is 4.79 Å². The number of oxazole rings is 1. The van der Waals surface area contributed by atoms with Gasteiger partial charge in [0, 0.05) is 18.5 Å². The van der Waals surface area contributed by atoms with Gasteiger partial charge < -0.3 is 14.5 Å². The summed E-state index contributed by atoms with van der Waals surface area (Å²) in [6.45, 7) is 4.43. The number of aromatic nitrogens is 1. The van der Waals surface area contributed by atoms with Gasteiger partial charge in [-0.1, -0.05) is 42.5 Å². The first kappa shape index (κ1) is 20.7. The standard InChI is InChI=1S/C26H26N2O3/c1-18(2)30-22-12-8-20(9-13-22)17-27-26(29)21-11-14-23-24(16-21)31-25(28-23)15-10-19-6-4-3-5-7-19/h3-9,11-14,16,18H,10,15,17H2,1-2H3,(H,27,29). The minimum atomic E-state index is -0.147. The maximum atomic E-state index is 12.6. The number of nitrogens with zero attached hydrogens (tertiary/aromatic N) is 1. The Kier molecular flexibility index (Phi) is 6.32. The Bertz CT molecular complexity index is 1150. The summed E-state index contributed by atoms with van der Waals surface area (Å²) < 4.78 is 11.5. The van der Waals surface area contributed by atoms with Crippen molar-refractivity contribution in [3.63, 3.8) is 0 Å². The van der Waals surface area contributed by atoms with Crippen LogP contribution in [0.4, 0.5) is 0 Å². The molecule has 158 valence electrons. The largest absolute Gasteiger partial charge is 0.491 e. The molecule has 31 heavy (non-hydrogen) atoms. The molecule has 0 fully saturated rings. The lowest BCUT2D eigenvalue weighted by Gasteiger charge is -2.10. The number of hydrogen-bond acceptors (Lipinski definition) is 4. The van der Waals surface area contributed by atoms with Crippen LogP contribution >= 0.6 is 0 Å². The Hall–Kier alpha value is -3.60. The molecule has 1 amide bonds. The average molecular weight is 415 g/mol. The lowest BCUT2D eigenvalue weighted by molar-refractivity contribution is 0.0951. The van der Waals surface area contributed by atoms with E-state index < -0.39 is 0 Å². The van der Waals surface area contributed by atoms with E-state index in [-0.39, 0.29) is 12.0 Å². The van der Waals surface area contributed by atoms with Crippen molar-refractivity contribution < 1.29 is 13.9 Å². The first-order valence-electron chi connectivity index (χ1n) is 10.5. The van der Waals surface area contributed by atoms with Crippen molar-refractivity contribution in [2.45, 2.75) is 39.3 Å². The van der Waals surface area contributed by atoms with Crippen LogP contribution in [0.5, 0.6) is 5.75 Å². The molecule has 1 N–H and O–H groups in total. The fourth-order valence-electron chi connectivity index (χ4n) is 3.36. The average Bonchev–Trinajstić information content (AvgIpc) is 3.19. The zero-order chi connectivity index (χ0) is 21.6. The third-order valence-corrected chi connectivity index (χ3v) is 4.91. The number of aryl methyl sites for hydroxylation is 2. The Morgan fingerprint density at radius 2 is 1.74 bits per heavy atom. The number of hydrogen-bond donors (Lipinski definition) is 1. The second-order valence-electron chi connectivity index (χ2n) is 7.77. The molecule has 0 saturated heterocycles. The number of ether oxygens (including phenoxy) is 1. The maximum Gasteiger partial charge on any atom is 0.251 e. The van der Waals surface area contributed by atoms with Crippen LogP contribution in [0, 0.1) is 0 Å². The third-order valence-electron chi connectivity index (χ3n) is 4.91. The zero-order valence-corrected chi connectivity index (χ0v) is 17.8. The van der Waals surface area contributed by atoms with Gasteiger partial charge in [0.25, 0.3) is 5.91 Å². The summed E-state index contributed by atoms with van der Waals surface area (Å²) in [6, 6.07) is 23.4. The van der Waals surface area contributed by atoms with Crippen molar-refractivity contribution in [1.82, 2.24) is 10.3 Å². The van der Waals surface area contributed by atoms with Crippen LogP contribution in [0.1, 0.15) is 41.2 Å². The van der Waals surface area contributed by atoms with Crippen LogP contribution in [0.25, 0.3) is 11.1 Å². The summed E-state index contributed by atoms with van der Waals surface area (Å²) in [5, 5.41) is 2.95. The van der Waals surface area contributed by atoms with Gasteiger partial charge in [0.05, 0.1) is 6.10 Å². The van der Waals surface area contributed by atoms with E-state index in [9.17, 15) is 4.79 Å². The van der Waals surface area contributed by atoms with Gasteiger partial charge in [-0.15, -0.1) is 0 Å². The Morgan fingerprint density at radius 3 is 2.48 bits per heavy atom. The van der Waals surface area contributed by atoms with E-state index in [1.54, 1.807) is 12.1 Å². The molecule has 0 saturated carbocycles. The monoisotopic (exact) mass is 414 g/mol. The molecule has 5 nitrogen and oxygen atoms in total. The van der Waals surface area contributed by atoms with E-state index in [1.165, 1.54) is 5.56 Å². The van der Waals surface area contributed by atoms with Crippen LogP contribution in [0.15, 0.2) is 77.2 Å². The number of nitrogens with one attached hydrogen (secondary N) is 1. The molecule has 0 aliphatic rings. The summed E-state index contributed by atoms with van der Waals surface area (Å²) >= 11 is 0. The Balaban J connectivity index is 1.36. The number of fused-ring (bicyclic) bond motifs is 1. The van der Waals surface area contributed by atoms with E-state index in [2.05, 4.69) is 22.4 Å². The molecule has 0 unspecified atom stereocenters. The summed E-state index contributed by atoms with van der Waals surface area (Å²) in [5.41, 5.74) is 4.20. The van der Waals surface area contributed by atoms with Crippen LogP contribution < -0.4 is 10.1 Å². The molecule has 1 aromatic heterocycles. The zero-order valence-electron chi connectivity index (χ0n) is 17.8. The molecule has 0 spiro atoms. The summed E-state index contributed by atoms with van der Waals surface area (Å²) in [5.74, 6) is 1.36. The lowest BCUT2D eigenvalue weighted by Crippen LogP contribution is -2.22. The second kappa shape index (κ2) is 9.47. The smallest absolute Gasteiger partial charge is 0.251 e. The molecule has 5 heteroatoms. The van der Waals surface area contributed by atoms with Crippen LogP contribution in [0.2, 0.25) is 0 Å². The van der Waals surface area contributed by atoms with Gasteiger partial charge in [-0.2, -0.15) is 0 Å². The fourth-order valence-corrected chi connectivity index (χ4v) is 3.36. The van der Waals surface area contributed by atoms with Crippen molar-refractivity contribution in [2.75, 3.05) is 0 Å². The molecule has 0 aliphatic heterocycles. The van der Waals surface area contributed by atoms with Crippen molar-refractivity contribution in [2.24, 2.45) is 0 Å². The fraction of sp³-hybridized carbons (Fsp3) is 0.231. The number of rotatable bonds is 8. The summed E-state index contributed by atoms with van der Waals surface area (Å²) in [7, 11) is 0. The van der Waals surface area contributed by atoms with Crippen LogP contribution in [-0.2, 0) is 19.4 Å². The second-order valence-corrected chi connectivity index (χ2v) is 7.77. The van der Waals surface area contributed by atoms with E-state index >= 15 is 0 Å². The minimum absolute atomic E-state index is 0.135. The number of benzene rings is 3. The molecule has 3 aromatic carbocycles. The first-order valence-corrected chi connectivity index (χ1v) is 10.5. The molecule has 0 aliphatic carbocycles. The minimum Gasteiger partial charge on any atom is -0.491 e. The van der Waals surface area contributed by atoms with Gasteiger partial charge in [-0.25, -0.2) is 4.98 Å². The lowest BCUT2D eigenvalue weighted by atomic mass is 10.1. The molecule has 1 heterocycles. The quantitative estimate of drug-likeness (QED) is 0.423. The highest BCUT2D eigenvalue weighted by molar-refractivity contribution is 5.97. The molecule has 0 atom stereocenters. The van der Waals surface area contributed by atoms with Gasteiger partial charge in [0.1, 0.15) is 11.3 Å². The summed E-state index contributed by atoms with van der Waals surface area (Å²) in [4.78, 5) is 17.1. The Labute approximate surface area is 182 Å². The highest BCUT2D eigenvalue weighted by Crippen LogP contribution is 2.19. The summed E-state index contributed by atoms with van der Waals surface area (Å²) in [6.07, 6.45) is 1.72. The van der Waals surface area contributed by atoms with Crippen molar-refractivity contribution >= 4 is 17.0 Å². The third kappa shape index (κ3) is 5.51. The molecule has 4 aromatic rings. The maximum absolute atomic E-state index is 12.6. The van der Waals surface area contributed by atoms with Gasteiger partial charge in [0.15, 0.2) is 11.5 Å². The van der Waals surface area contributed by atoms with Crippen molar-refractivity contribution in [1.29, 1.82) is 0 Å². The first-order chi connectivity index (χ1) is 15.1. The van der Waals surface area contributed by atoms with Gasteiger partial charge in [0.2, 0.25) is 0 Å². The van der Waals surface area contributed by atoms with Crippen molar-refractivity contribution in [3.05, 3.63) is 95.4 Å². The highest BCUT2D eigenvalue weighted by atomic mass is 16.5. The Morgan fingerprint density at radius 1 is 0.968 bits per heavy atom. The topological polar surface area (TPSA) is 64.4 Å². The molecular formula is C26H26N2O3. The number of carbonyl (C=O) groups excluding carboxylic acids is 1. The SMILES string of the molecule is CC(C)Oc1ccc(CNC(=O)c2ccc3nc(CCc4ccccc4)oc3c2)cc1. The molecule has 0 radical (unpaired) electrons.